The molecule has 5 heteroatoms. The zero-order valence-corrected chi connectivity index (χ0v) is 15.4. The van der Waals surface area contributed by atoms with E-state index in [4.69, 9.17) is 11.6 Å². The van der Waals surface area contributed by atoms with Crippen LogP contribution >= 0.6 is 11.6 Å². The Morgan fingerprint density at radius 1 is 1.04 bits per heavy atom. The van der Waals surface area contributed by atoms with Crippen LogP contribution in [0.5, 0.6) is 0 Å². The summed E-state index contributed by atoms with van der Waals surface area (Å²) in [6, 6.07) is 10.8. The van der Waals surface area contributed by atoms with Crippen molar-refractivity contribution in [3.05, 3.63) is 69.2 Å². The first-order valence-electron chi connectivity index (χ1n) is 7.50. The van der Waals surface area contributed by atoms with Gasteiger partial charge in [0.25, 0.3) is 0 Å². The van der Waals surface area contributed by atoms with Crippen LogP contribution in [0.25, 0.3) is 0 Å². The summed E-state index contributed by atoms with van der Waals surface area (Å²) in [5.74, 6) is -0.0816. The molecule has 1 unspecified atom stereocenters. The Bertz CT molecular complexity index is 816. The van der Waals surface area contributed by atoms with E-state index in [-0.39, 0.29) is 11.8 Å². The second kappa shape index (κ2) is 7.04. The predicted molar refractivity (Wildman–Crippen MR) is 96.3 cm³/mol. The molecule has 0 aliphatic heterocycles. The predicted octanol–water partition coefficient (Wildman–Crippen LogP) is 4.45. The molecule has 0 saturated heterocycles. The molecule has 0 spiro atoms. The van der Waals surface area contributed by atoms with Gasteiger partial charge in [-0.1, -0.05) is 35.9 Å². The molecule has 0 bridgehead atoms. The van der Waals surface area contributed by atoms with Gasteiger partial charge in [-0.3, -0.25) is 0 Å². The fourth-order valence-electron chi connectivity index (χ4n) is 2.67. The average molecular weight is 352 g/mol. The summed E-state index contributed by atoms with van der Waals surface area (Å²) in [7, 11) is -3.45. The van der Waals surface area contributed by atoms with Crippen molar-refractivity contribution in [2.45, 2.75) is 39.5 Å². The Morgan fingerprint density at radius 3 is 2.35 bits per heavy atom. The fourth-order valence-corrected chi connectivity index (χ4v) is 4.25. The van der Waals surface area contributed by atoms with Crippen LogP contribution in [0.2, 0.25) is 5.02 Å². The first-order chi connectivity index (χ1) is 10.7. The molecule has 124 valence electrons. The van der Waals surface area contributed by atoms with Gasteiger partial charge in [0.1, 0.15) is 0 Å². The molecule has 0 heterocycles. The molecule has 2 rings (SSSR count). The minimum absolute atomic E-state index is 0.0816. The van der Waals surface area contributed by atoms with Crippen LogP contribution in [0, 0.1) is 20.8 Å². The van der Waals surface area contributed by atoms with Gasteiger partial charge in [-0.05, 0) is 67.6 Å². The van der Waals surface area contributed by atoms with Gasteiger partial charge in [-0.2, -0.15) is 0 Å². The molecule has 0 fully saturated rings. The summed E-state index contributed by atoms with van der Waals surface area (Å²) in [5, 5.41) is 0.538. The molecule has 2 aromatic rings. The van der Waals surface area contributed by atoms with Crippen LogP contribution in [-0.2, 0) is 15.8 Å². The second-order valence-electron chi connectivity index (χ2n) is 6.02. The molecule has 3 nitrogen and oxygen atoms in total. The lowest BCUT2D eigenvalue weighted by Crippen LogP contribution is -2.28. The average Bonchev–Trinajstić information content (AvgIpc) is 2.41. The first-order valence-corrected chi connectivity index (χ1v) is 9.53. The van der Waals surface area contributed by atoms with E-state index in [0.29, 0.717) is 10.6 Å². The van der Waals surface area contributed by atoms with Crippen molar-refractivity contribution >= 4 is 21.6 Å². The van der Waals surface area contributed by atoms with Crippen LogP contribution < -0.4 is 4.72 Å². The molecule has 2 aromatic carbocycles. The lowest BCUT2D eigenvalue weighted by Gasteiger charge is -2.18. The van der Waals surface area contributed by atoms with Crippen LogP contribution in [0.4, 0.5) is 0 Å². The van der Waals surface area contributed by atoms with Gasteiger partial charge >= 0.3 is 0 Å². The van der Waals surface area contributed by atoms with E-state index in [0.717, 1.165) is 16.7 Å². The highest BCUT2D eigenvalue weighted by Crippen LogP contribution is 2.23. The normalized spacial score (nSPS) is 13.1. The SMILES string of the molecule is Cc1cc(C)c(C(C)NS(=O)(=O)Cc2cccc(Cl)c2)cc1C. The topological polar surface area (TPSA) is 46.2 Å². The number of hydrogen-bond donors (Lipinski definition) is 1. The maximum Gasteiger partial charge on any atom is 0.216 e. The van der Waals surface area contributed by atoms with E-state index >= 15 is 0 Å². The van der Waals surface area contributed by atoms with Gasteiger partial charge in [-0.25, -0.2) is 13.1 Å². The third-order valence-corrected chi connectivity index (χ3v) is 5.61. The van der Waals surface area contributed by atoms with E-state index in [9.17, 15) is 8.42 Å². The summed E-state index contributed by atoms with van der Waals surface area (Å²) in [6.45, 7) is 7.96. The molecule has 0 amide bonds. The molecule has 0 radical (unpaired) electrons. The van der Waals surface area contributed by atoms with Crippen LogP contribution in [0.3, 0.4) is 0 Å². The summed E-state index contributed by atoms with van der Waals surface area (Å²) in [6.07, 6.45) is 0. The monoisotopic (exact) mass is 351 g/mol. The van der Waals surface area contributed by atoms with Crippen molar-refractivity contribution < 1.29 is 8.42 Å². The zero-order chi connectivity index (χ0) is 17.2. The van der Waals surface area contributed by atoms with Crippen LogP contribution in [0.1, 0.15) is 40.8 Å². The van der Waals surface area contributed by atoms with Gasteiger partial charge in [0, 0.05) is 11.1 Å². The molecule has 0 aliphatic rings. The van der Waals surface area contributed by atoms with Crippen molar-refractivity contribution in [1.82, 2.24) is 4.72 Å². The summed E-state index contributed by atoms with van der Waals surface area (Å²) in [5.41, 5.74) is 5.13. The summed E-state index contributed by atoms with van der Waals surface area (Å²) >= 11 is 5.91. The standard InChI is InChI=1S/C18H22ClNO2S/c1-12-8-14(3)18(9-13(12)2)15(4)20-23(21,22)11-16-6-5-7-17(19)10-16/h5-10,15,20H,11H2,1-4H3. The van der Waals surface area contributed by atoms with Gasteiger partial charge in [-0.15, -0.1) is 0 Å². The van der Waals surface area contributed by atoms with Crippen molar-refractivity contribution in [3.8, 4) is 0 Å². The van der Waals surface area contributed by atoms with Crippen molar-refractivity contribution in [1.29, 1.82) is 0 Å². The lowest BCUT2D eigenvalue weighted by molar-refractivity contribution is 0.565. The van der Waals surface area contributed by atoms with E-state index in [1.807, 2.05) is 20.8 Å². The highest BCUT2D eigenvalue weighted by Gasteiger charge is 2.18. The smallest absolute Gasteiger partial charge is 0.212 e. The van der Waals surface area contributed by atoms with Gasteiger partial charge in [0.15, 0.2) is 0 Å². The lowest BCUT2D eigenvalue weighted by atomic mass is 9.97. The molecule has 0 aliphatic carbocycles. The van der Waals surface area contributed by atoms with Crippen molar-refractivity contribution in [2.24, 2.45) is 0 Å². The number of sulfonamides is 1. The van der Waals surface area contributed by atoms with E-state index in [1.54, 1.807) is 24.3 Å². The van der Waals surface area contributed by atoms with Crippen molar-refractivity contribution in [3.63, 3.8) is 0 Å². The molecular weight excluding hydrogens is 330 g/mol. The summed E-state index contributed by atoms with van der Waals surface area (Å²) in [4.78, 5) is 0. The van der Waals surface area contributed by atoms with Gasteiger partial charge in [0.2, 0.25) is 10.0 Å². The molecule has 0 saturated carbocycles. The first kappa shape index (κ1) is 18.0. The van der Waals surface area contributed by atoms with Crippen molar-refractivity contribution in [2.75, 3.05) is 0 Å². The minimum atomic E-state index is -3.45. The molecule has 1 N–H and O–H groups in total. The number of halogens is 1. The molecular formula is C18H22ClNO2S. The third kappa shape index (κ3) is 4.80. The highest BCUT2D eigenvalue weighted by atomic mass is 35.5. The number of hydrogen-bond acceptors (Lipinski definition) is 2. The maximum atomic E-state index is 12.4. The number of nitrogens with one attached hydrogen (secondary N) is 1. The Kier molecular flexibility index (Phi) is 5.50. The van der Waals surface area contributed by atoms with Gasteiger partial charge < -0.3 is 0 Å². The molecule has 1 atom stereocenters. The van der Waals surface area contributed by atoms with Crippen LogP contribution in [0.15, 0.2) is 36.4 Å². The molecule has 23 heavy (non-hydrogen) atoms. The fraction of sp³-hybridized carbons (Fsp3) is 0.333. The van der Waals surface area contributed by atoms with Crippen LogP contribution in [-0.4, -0.2) is 8.42 Å². The summed E-state index contributed by atoms with van der Waals surface area (Å²) < 4.78 is 27.6. The van der Waals surface area contributed by atoms with E-state index < -0.39 is 10.0 Å². The Balaban J connectivity index is 2.18. The third-order valence-electron chi connectivity index (χ3n) is 3.95. The number of rotatable bonds is 5. The number of aryl methyl sites for hydroxylation is 3. The largest absolute Gasteiger partial charge is 0.216 e. The Morgan fingerprint density at radius 2 is 1.70 bits per heavy atom. The van der Waals surface area contributed by atoms with E-state index in [1.165, 1.54) is 5.56 Å². The number of benzene rings is 2. The zero-order valence-electron chi connectivity index (χ0n) is 13.9. The maximum absolute atomic E-state index is 12.4. The minimum Gasteiger partial charge on any atom is -0.212 e. The van der Waals surface area contributed by atoms with Gasteiger partial charge in [0.05, 0.1) is 5.75 Å². The Labute approximate surface area is 143 Å². The molecule has 0 aromatic heterocycles. The Hall–Kier alpha value is -1.36. The second-order valence-corrected chi connectivity index (χ2v) is 8.21. The highest BCUT2D eigenvalue weighted by molar-refractivity contribution is 7.88. The quantitative estimate of drug-likeness (QED) is 0.865. The van der Waals surface area contributed by atoms with E-state index in [2.05, 4.69) is 23.8 Å².